The van der Waals surface area contributed by atoms with Crippen molar-refractivity contribution in [3.63, 3.8) is 0 Å². The van der Waals surface area contributed by atoms with E-state index < -0.39 is 5.97 Å². The number of carboxylic acids is 1. The molecule has 100 valence electrons. The van der Waals surface area contributed by atoms with Gasteiger partial charge >= 0.3 is 5.97 Å². The maximum absolute atomic E-state index is 12.0. The summed E-state index contributed by atoms with van der Waals surface area (Å²) in [6.45, 7) is 1.78. The van der Waals surface area contributed by atoms with E-state index in [1.165, 1.54) is 0 Å². The molecular formula is C12H18N2O4. The lowest BCUT2D eigenvalue weighted by molar-refractivity contribution is -0.146. The van der Waals surface area contributed by atoms with E-state index in [-0.39, 0.29) is 24.3 Å². The van der Waals surface area contributed by atoms with Crippen LogP contribution in [-0.2, 0) is 14.4 Å². The molecule has 0 saturated carbocycles. The molecule has 18 heavy (non-hydrogen) atoms. The molecule has 2 aliphatic rings. The zero-order valence-corrected chi connectivity index (χ0v) is 10.3. The van der Waals surface area contributed by atoms with Crippen molar-refractivity contribution in [2.75, 3.05) is 26.2 Å². The molecule has 2 aliphatic heterocycles. The maximum atomic E-state index is 12.0. The van der Waals surface area contributed by atoms with E-state index in [1.807, 2.05) is 0 Å². The van der Waals surface area contributed by atoms with E-state index >= 15 is 0 Å². The molecule has 2 amide bonds. The molecule has 0 bridgehead atoms. The molecule has 0 radical (unpaired) electrons. The molecule has 1 N–H and O–H groups in total. The Morgan fingerprint density at radius 3 is 2.39 bits per heavy atom. The normalized spacial score (nSPS) is 21.4. The minimum absolute atomic E-state index is 0.0452. The van der Waals surface area contributed by atoms with Gasteiger partial charge < -0.3 is 14.9 Å². The first kappa shape index (κ1) is 12.9. The van der Waals surface area contributed by atoms with Crippen LogP contribution in [0.25, 0.3) is 0 Å². The zero-order chi connectivity index (χ0) is 13.1. The molecule has 2 heterocycles. The number of nitrogens with zero attached hydrogens (tertiary/aromatic N) is 2. The quantitative estimate of drug-likeness (QED) is 0.765. The zero-order valence-electron chi connectivity index (χ0n) is 10.3. The van der Waals surface area contributed by atoms with Gasteiger partial charge in [-0.2, -0.15) is 0 Å². The summed E-state index contributed by atoms with van der Waals surface area (Å²) < 4.78 is 0. The predicted molar refractivity (Wildman–Crippen MR) is 62.8 cm³/mol. The Balaban J connectivity index is 1.80. The first-order chi connectivity index (χ1) is 8.58. The molecule has 0 unspecified atom stereocenters. The van der Waals surface area contributed by atoms with Gasteiger partial charge in [0.1, 0.15) is 0 Å². The van der Waals surface area contributed by atoms with Crippen molar-refractivity contribution < 1.29 is 19.5 Å². The van der Waals surface area contributed by atoms with Crippen molar-refractivity contribution in [2.45, 2.75) is 25.7 Å². The average molecular weight is 254 g/mol. The number of piperidine rings is 1. The second-order valence-electron chi connectivity index (χ2n) is 4.91. The van der Waals surface area contributed by atoms with Crippen molar-refractivity contribution in [1.82, 2.24) is 9.80 Å². The number of rotatable bonds is 3. The first-order valence-electron chi connectivity index (χ1n) is 6.36. The third-order valence-corrected chi connectivity index (χ3v) is 3.69. The molecule has 2 saturated heterocycles. The van der Waals surface area contributed by atoms with Crippen molar-refractivity contribution in [1.29, 1.82) is 0 Å². The number of carbonyl (C=O) groups is 3. The molecule has 6 nitrogen and oxygen atoms in total. The monoisotopic (exact) mass is 254 g/mol. The minimum atomic E-state index is -0.781. The molecule has 2 rings (SSSR count). The predicted octanol–water partition coefficient (Wildman–Crippen LogP) is -0.0680. The molecule has 0 aromatic carbocycles. The molecule has 6 heteroatoms. The molecule has 0 aromatic heterocycles. The molecule has 0 atom stereocenters. The van der Waals surface area contributed by atoms with Crippen LogP contribution >= 0.6 is 0 Å². The summed E-state index contributed by atoms with van der Waals surface area (Å²) in [6, 6.07) is 0. The summed E-state index contributed by atoms with van der Waals surface area (Å²) in [5.41, 5.74) is 0. The Kier molecular flexibility index (Phi) is 3.84. The van der Waals surface area contributed by atoms with Gasteiger partial charge in [0.15, 0.2) is 0 Å². The second-order valence-corrected chi connectivity index (χ2v) is 4.91. The largest absolute Gasteiger partial charge is 0.481 e. The van der Waals surface area contributed by atoms with Gasteiger partial charge in [0, 0.05) is 26.1 Å². The number of aliphatic carboxylic acids is 1. The van der Waals surface area contributed by atoms with Gasteiger partial charge in [-0.1, -0.05) is 0 Å². The number of hydrogen-bond acceptors (Lipinski definition) is 3. The van der Waals surface area contributed by atoms with Crippen LogP contribution in [0, 0.1) is 5.92 Å². The topological polar surface area (TPSA) is 77.9 Å². The Hall–Kier alpha value is -1.59. The van der Waals surface area contributed by atoms with Crippen LogP contribution in [0.15, 0.2) is 0 Å². The number of carboxylic acid groups (broad SMARTS) is 1. The Bertz CT molecular complexity index is 361. The van der Waals surface area contributed by atoms with Gasteiger partial charge in [-0.15, -0.1) is 0 Å². The van der Waals surface area contributed by atoms with Gasteiger partial charge in [-0.25, -0.2) is 0 Å². The second kappa shape index (κ2) is 5.37. The number of amides is 2. The lowest BCUT2D eigenvalue weighted by Crippen LogP contribution is -2.45. The van der Waals surface area contributed by atoms with Crippen molar-refractivity contribution >= 4 is 17.8 Å². The summed E-state index contributed by atoms with van der Waals surface area (Å²) in [6.07, 6.45) is 2.38. The lowest BCUT2D eigenvalue weighted by Gasteiger charge is -2.31. The molecular weight excluding hydrogens is 236 g/mol. The fourth-order valence-corrected chi connectivity index (χ4v) is 2.51. The van der Waals surface area contributed by atoms with Gasteiger partial charge in [-0.3, -0.25) is 14.4 Å². The van der Waals surface area contributed by atoms with Gasteiger partial charge in [0.05, 0.1) is 12.5 Å². The van der Waals surface area contributed by atoms with Crippen LogP contribution in [0.3, 0.4) is 0 Å². The van der Waals surface area contributed by atoms with Crippen LogP contribution in [0.1, 0.15) is 25.7 Å². The average Bonchev–Trinajstić information content (AvgIpc) is 2.75. The first-order valence-corrected chi connectivity index (χ1v) is 6.36. The summed E-state index contributed by atoms with van der Waals surface area (Å²) in [7, 11) is 0. The highest BCUT2D eigenvalue weighted by Crippen LogP contribution is 2.18. The van der Waals surface area contributed by atoms with Crippen LogP contribution in [0.2, 0.25) is 0 Å². The number of likely N-dealkylation sites (tertiary alicyclic amines) is 2. The van der Waals surface area contributed by atoms with Gasteiger partial charge in [0.2, 0.25) is 11.8 Å². The van der Waals surface area contributed by atoms with Crippen LogP contribution < -0.4 is 0 Å². The highest BCUT2D eigenvalue weighted by molar-refractivity contribution is 5.86. The molecule has 0 spiro atoms. The maximum Gasteiger partial charge on any atom is 0.306 e. The SMILES string of the molecule is O=C(O)C1CCN(C(=O)CN2CCCC2=O)CC1. The van der Waals surface area contributed by atoms with Crippen molar-refractivity contribution in [3.8, 4) is 0 Å². The minimum Gasteiger partial charge on any atom is -0.481 e. The van der Waals surface area contributed by atoms with Gasteiger partial charge in [-0.05, 0) is 19.3 Å². The highest BCUT2D eigenvalue weighted by atomic mass is 16.4. The lowest BCUT2D eigenvalue weighted by atomic mass is 9.97. The van der Waals surface area contributed by atoms with Crippen molar-refractivity contribution in [3.05, 3.63) is 0 Å². The Morgan fingerprint density at radius 2 is 1.89 bits per heavy atom. The number of carbonyl (C=O) groups excluding carboxylic acids is 2. The fourth-order valence-electron chi connectivity index (χ4n) is 2.51. The highest BCUT2D eigenvalue weighted by Gasteiger charge is 2.29. The van der Waals surface area contributed by atoms with Crippen LogP contribution in [-0.4, -0.2) is 58.9 Å². The Labute approximate surface area is 106 Å². The molecule has 0 aliphatic carbocycles. The van der Waals surface area contributed by atoms with E-state index in [4.69, 9.17) is 5.11 Å². The van der Waals surface area contributed by atoms with Crippen LogP contribution in [0.4, 0.5) is 0 Å². The van der Waals surface area contributed by atoms with E-state index in [2.05, 4.69) is 0 Å². The van der Waals surface area contributed by atoms with Crippen LogP contribution in [0.5, 0.6) is 0 Å². The van der Waals surface area contributed by atoms with E-state index in [0.717, 1.165) is 6.42 Å². The summed E-state index contributed by atoms with van der Waals surface area (Å²) in [5.74, 6) is -1.13. The number of hydrogen-bond donors (Lipinski definition) is 1. The van der Waals surface area contributed by atoms with E-state index in [0.29, 0.717) is 38.9 Å². The fraction of sp³-hybridized carbons (Fsp3) is 0.750. The molecule has 2 fully saturated rings. The smallest absolute Gasteiger partial charge is 0.306 e. The molecule has 0 aromatic rings. The van der Waals surface area contributed by atoms with Crippen molar-refractivity contribution in [2.24, 2.45) is 5.92 Å². The third-order valence-electron chi connectivity index (χ3n) is 3.69. The van der Waals surface area contributed by atoms with E-state index in [1.54, 1.807) is 9.80 Å². The van der Waals surface area contributed by atoms with Gasteiger partial charge in [0.25, 0.3) is 0 Å². The summed E-state index contributed by atoms with van der Waals surface area (Å²) >= 11 is 0. The standard InChI is InChI=1S/C12H18N2O4/c15-10-2-1-5-14(10)8-11(16)13-6-3-9(4-7-13)12(17)18/h9H,1-8H2,(H,17,18). The Morgan fingerprint density at radius 1 is 1.22 bits per heavy atom. The van der Waals surface area contributed by atoms with E-state index in [9.17, 15) is 14.4 Å². The summed E-state index contributed by atoms with van der Waals surface area (Å²) in [4.78, 5) is 37.4. The third kappa shape index (κ3) is 2.80. The summed E-state index contributed by atoms with van der Waals surface area (Å²) in [5, 5.41) is 8.87.